The van der Waals surface area contributed by atoms with E-state index in [1.807, 2.05) is 0 Å². The minimum Gasteiger partial charge on any atom is -0.504 e. The molecule has 2 fully saturated rings. The van der Waals surface area contributed by atoms with E-state index in [1.165, 1.54) is 19.2 Å². The number of aliphatic hydroxyl groups excluding tert-OH is 3. The van der Waals surface area contributed by atoms with E-state index < -0.39 is 161 Å². The number of amides is 2. The molecule has 0 saturated carbocycles. The molecule has 22 nitrogen and oxygen atoms in total. The molecule has 2 aliphatic rings. The van der Waals surface area contributed by atoms with Gasteiger partial charge in [-0.3, -0.25) is 19.2 Å². The highest BCUT2D eigenvalue weighted by Gasteiger charge is 2.45. The molecular formula is C38H40N2O20. The third-order valence-electron chi connectivity index (χ3n) is 9.46. The van der Waals surface area contributed by atoms with Gasteiger partial charge in [0.2, 0.25) is 0 Å². The van der Waals surface area contributed by atoms with Crippen LogP contribution >= 0.6 is 0 Å². The largest absolute Gasteiger partial charge is 0.504 e. The van der Waals surface area contributed by atoms with Crippen LogP contribution in [0.15, 0.2) is 48.5 Å². The van der Waals surface area contributed by atoms with Crippen molar-refractivity contribution < 1.29 is 98.4 Å². The Balaban J connectivity index is 1.44. The molecule has 0 spiro atoms. The molecular weight excluding hydrogens is 804 g/mol. The number of aliphatic hydroxyl groups is 3. The Labute approximate surface area is 338 Å². The van der Waals surface area contributed by atoms with Crippen LogP contribution in [-0.2, 0) is 38.1 Å². The minimum absolute atomic E-state index is 0.174. The van der Waals surface area contributed by atoms with Crippen LogP contribution in [0.4, 0.5) is 0 Å². The van der Waals surface area contributed by atoms with Crippen molar-refractivity contribution in [3.8, 4) is 34.5 Å². The minimum atomic E-state index is -1.91. The smallest absolute Gasteiger partial charge is 0.332 e. The monoisotopic (exact) mass is 844 g/mol. The Morgan fingerprint density at radius 3 is 1.68 bits per heavy atom. The van der Waals surface area contributed by atoms with Crippen molar-refractivity contribution in [1.29, 1.82) is 0 Å². The zero-order valence-corrected chi connectivity index (χ0v) is 31.3. The number of aromatic hydroxyl groups is 6. The number of carbonyl (C=O) groups is 6. The number of rotatable bonds is 10. The summed E-state index contributed by atoms with van der Waals surface area (Å²) in [7, 11) is 1.28. The molecule has 3 aromatic rings. The van der Waals surface area contributed by atoms with Crippen molar-refractivity contribution in [2.75, 3.05) is 33.5 Å². The number of cyclic esters (lactones) is 3. The summed E-state index contributed by atoms with van der Waals surface area (Å²) >= 11 is 0. The van der Waals surface area contributed by atoms with E-state index in [1.54, 1.807) is 0 Å². The first-order valence-corrected chi connectivity index (χ1v) is 17.8. The normalized spacial score (nSPS) is 25.0. The fourth-order valence-electron chi connectivity index (χ4n) is 6.16. The summed E-state index contributed by atoms with van der Waals surface area (Å²) in [5.41, 5.74) is -1.89. The molecule has 11 N–H and O–H groups in total. The van der Waals surface area contributed by atoms with Gasteiger partial charge < -0.3 is 80.3 Å². The molecule has 0 aliphatic carbocycles. The first-order chi connectivity index (χ1) is 28.4. The zero-order chi connectivity index (χ0) is 44.0. The molecule has 2 saturated heterocycles. The molecule has 0 bridgehead atoms. The van der Waals surface area contributed by atoms with Gasteiger partial charge in [-0.05, 0) is 42.0 Å². The lowest BCUT2D eigenvalue weighted by molar-refractivity contribution is -0.233. The molecule has 5 rings (SSSR count). The Bertz CT molecular complexity index is 2080. The highest BCUT2D eigenvalue weighted by molar-refractivity contribution is 6.02. The Kier molecular flexibility index (Phi) is 14.0. The number of phenols is 6. The summed E-state index contributed by atoms with van der Waals surface area (Å²) in [4.78, 5) is 80.2. The molecule has 8 atom stereocenters. The van der Waals surface area contributed by atoms with Crippen LogP contribution in [0.25, 0.3) is 0 Å². The van der Waals surface area contributed by atoms with Gasteiger partial charge in [-0.2, -0.15) is 0 Å². The maximum atomic E-state index is 13.8. The lowest BCUT2D eigenvalue weighted by atomic mass is 9.89. The van der Waals surface area contributed by atoms with Crippen molar-refractivity contribution in [1.82, 2.24) is 10.6 Å². The van der Waals surface area contributed by atoms with Gasteiger partial charge in [0.25, 0.3) is 11.8 Å². The van der Waals surface area contributed by atoms with E-state index in [4.69, 9.17) is 23.7 Å². The first kappa shape index (κ1) is 44.4. The summed E-state index contributed by atoms with van der Waals surface area (Å²) in [5, 5.41) is 97.2. The predicted molar refractivity (Wildman–Crippen MR) is 195 cm³/mol. The van der Waals surface area contributed by atoms with Crippen molar-refractivity contribution in [2.45, 2.75) is 49.0 Å². The van der Waals surface area contributed by atoms with Crippen LogP contribution in [0, 0.1) is 5.92 Å². The van der Waals surface area contributed by atoms with Gasteiger partial charge >= 0.3 is 17.9 Å². The summed E-state index contributed by atoms with van der Waals surface area (Å²) in [6.45, 7) is -3.24. The van der Waals surface area contributed by atoms with Crippen molar-refractivity contribution in [3.63, 3.8) is 0 Å². The second-order valence-corrected chi connectivity index (χ2v) is 13.6. The molecule has 22 heteroatoms. The topological polar surface area (TPSA) is 355 Å². The first-order valence-electron chi connectivity index (χ1n) is 17.8. The molecule has 0 aromatic heterocycles. The number of phenolic OH excluding ortho intramolecular Hbond substituents is 6. The van der Waals surface area contributed by atoms with Gasteiger partial charge in [0.1, 0.15) is 50.3 Å². The van der Waals surface area contributed by atoms with Crippen LogP contribution in [0.1, 0.15) is 49.2 Å². The number of hydrogen-bond acceptors (Lipinski definition) is 20. The second kappa shape index (κ2) is 18.9. The van der Waals surface area contributed by atoms with Crippen LogP contribution in [0.3, 0.4) is 0 Å². The standard InChI is InChI=1S/C38H40N2O20/c1-56-14-26-30(48)31(49)32(50)33(60-26)15-8-19(29(47)25(44)9-15)24(43)10-16-11-57-37(54)21(40-35(52)18-5-3-7-23(42)28(18)46)13-59-38(55)20(12-58-36(16)53)39-34(51)17-4-2-6-22(41)27(17)45/h2-9,16,20-21,26,30-33,41-42,44-50H,10-14H2,1H3,(H,39,51)(H,40,52)/t16-,20-,21-,26?,30+,31-,32?,33-/m0/s1. The van der Waals surface area contributed by atoms with Gasteiger partial charge in [-0.1, -0.05) is 12.1 Å². The number of ether oxygens (including phenoxy) is 5. The predicted octanol–water partition coefficient (Wildman–Crippen LogP) is -1.48. The Morgan fingerprint density at radius 1 is 0.650 bits per heavy atom. The molecule has 0 radical (unpaired) electrons. The number of hydrogen-bond donors (Lipinski definition) is 11. The third kappa shape index (κ3) is 9.76. The summed E-state index contributed by atoms with van der Waals surface area (Å²) in [5.74, 6) is -14.4. The van der Waals surface area contributed by atoms with Gasteiger partial charge in [0.05, 0.1) is 29.2 Å². The summed E-state index contributed by atoms with van der Waals surface area (Å²) in [6.07, 6.45) is -8.85. The average Bonchev–Trinajstić information content (AvgIpc) is 3.21. The third-order valence-corrected chi connectivity index (χ3v) is 9.46. The van der Waals surface area contributed by atoms with Crippen LogP contribution in [0.2, 0.25) is 0 Å². The molecule has 2 amide bonds. The lowest BCUT2D eigenvalue weighted by Gasteiger charge is -2.40. The maximum Gasteiger partial charge on any atom is 0.332 e. The van der Waals surface area contributed by atoms with Crippen LogP contribution < -0.4 is 10.6 Å². The number of para-hydroxylation sites is 2. The van der Waals surface area contributed by atoms with Crippen molar-refractivity contribution in [3.05, 3.63) is 70.8 Å². The Morgan fingerprint density at radius 2 is 1.15 bits per heavy atom. The summed E-state index contributed by atoms with van der Waals surface area (Å²) in [6, 6.07) is 4.71. The van der Waals surface area contributed by atoms with Gasteiger partial charge in [0.15, 0.2) is 52.4 Å². The molecule has 2 unspecified atom stereocenters. The van der Waals surface area contributed by atoms with E-state index in [9.17, 15) is 74.7 Å². The number of esters is 3. The molecule has 2 aliphatic heterocycles. The van der Waals surface area contributed by atoms with Gasteiger partial charge in [-0.15, -0.1) is 0 Å². The number of benzene rings is 3. The van der Waals surface area contributed by atoms with Crippen LogP contribution in [0.5, 0.6) is 34.5 Å². The van der Waals surface area contributed by atoms with Crippen LogP contribution in [-0.4, -0.2) is 152 Å². The highest BCUT2D eigenvalue weighted by atomic mass is 16.6. The summed E-state index contributed by atoms with van der Waals surface area (Å²) < 4.78 is 26.3. The van der Waals surface area contributed by atoms with E-state index in [-0.39, 0.29) is 12.2 Å². The number of nitrogens with one attached hydrogen (secondary N) is 2. The molecule has 3 aromatic carbocycles. The van der Waals surface area contributed by atoms with E-state index in [0.717, 1.165) is 36.4 Å². The van der Waals surface area contributed by atoms with E-state index in [2.05, 4.69) is 10.6 Å². The van der Waals surface area contributed by atoms with E-state index in [0.29, 0.717) is 0 Å². The average molecular weight is 845 g/mol. The molecule has 322 valence electrons. The van der Waals surface area contributed by atoms with Crippen molar-refractivity contribution >= 4 is 35.5 Å². The van der Waals surface area contributed by atoms with Crippen molar-refractivity contribution in [2.24, 2.45) is 5.92 Å². The zero-order valence-electron chi connectivity index (χ0n) is 31.3. The SMILES string of the molecule is COCC1O[C@@H](c2cc(O)c(O)c(C(=O)C[C@H]3COC(=O)[C@@H](NC(=O)c4cccc(O)c4O)COC(=O)[C@@H](NC(=O)c4cccc(O)c4O)COC3=O)c2)C(O)[C@@H](O)[C@@H]1O. The fourth-order valence-corrected chi connectivity index (χ4v) is 6.16. The van der Waals surface area contributed by atoms with E-state index >= 15 is 0 Å². The fraction of sp³-hybridized carbons (Fsp3) is 0.368. The lowest BCUT2D eigenvalue weighted by Crippen LogP contribution is -2.55. The number of carbonyl (C=O) groups excluding carboxylic acids is 6. The molecule has 2 heterocycles. The van der Waals surface area contributed by atoms with Gasteiger partial charge in [0, 0.05) is 13.5 Å². The highest BCUT2D eigenvalue weighted by Crippen LogP contribution is 2.39. The van der Waals surface area contributed by atoms with Gasteiger partial charge in [-0.25, -0.2) is 9.59 Å². The number of methoxy groups -OCH3 is 1. The number of Topliss-reactive ketones (excluding diaryl/α,β-unsaturated/α-hetero) is 1. The second-order valence-electron chi connectivity index (χ2n) is 13.6. The quantitative estimate of drug-likeness (QED) is 0.0480. The maximum absolute atomic E-state index is 13.8. The Hall–Kier alpha value is -6.72. The number of ketones is 1. The molecule has 60 heavy (non-hydrogen) atoms.